The number of aryl methyl sites for hydroxylation is 1. The maximum atomic E-state index is 3.58. The molecule has 0 radical (unpaired) electrons. The molecule has 0 saturated carbocycles. The van der Waals surface area contributed by atoms with Crippen molar-refractivity contribution in [1.82, 2.24) is 4.98 Å². The van der Waals surface area contributed by atoms with Gasteiger partial charge in [-0.2, -0.15) is 0 Å². The summed E-state index contributed by atoms with van der Waals surface area (Å²) in [7, 11) is 0. The summed E-state index contributed by atoms with van der Waals surface area (Å²) in [5.74, 6) is 0. The van der Waals surface area contributed by atoms with E-state index in [-0.39, 0.29) is 5.41 Å². The second-order valence-corrected chi connectivity index (χ2v) is 5.13. The number of rotatable bonds is 1. The lowest BCUT2D eigenvalue weighted by molar-refractivity contribution is 0.576. The Labute approximate surface area is 91.5 Å². The molecule has 2 aromatic rings. The van der Waals surface area contributed by atoms with Gasteiger partial charge in [0.25, 0.3) is 0 Å². The Morgan fingerprint density at radius 2 is 1.67 bits per heavy atom. The Morgan fingerprint density at radius 1 is 1.07 bits per heavy atom. The Bertz CT molecular complexity index is 472. The average Bonchev–Trinajstić information content (AvgIpc) is 2.55. The largest absolute Gasteiger partial charge is 0.361 e. The lowest BCUT2D eigenvalue weighted by atomic mass is 9.90. The Hall–Kier alpha value is -1.24. The van der Waals surface area contributed by atoms with Gasteiger partial charge in [0.15, 0.2) is 0 Å². The summed E-state index contributed by atoms with van der Waals surface area (Å²) in [4.78, 5) is 3.58. The van der Waals surface area contributed by atoms with Gasteiger partial charge >= 0.3 is 0 Å². The van der Waals surface area contributed by atoms with E-state index in [1.807, 2.05) is 0 Å². The lowest BCUT2D eigenvalue weighted by Crippen LogP contribution is -2.12. The minimum atomic E-state index is 0.188. The van der Waals surface area contributed by atoms with Crippen LogP contribution in [0, 0.1) is 0 Å². The molecule has 1 N–H and O–H groups in total. The van der Waals surface area contributed by atoms with Gasteiger partial charge < -0.3 is 4.98 Å². The van der Waals surface area contributed by atoms with Crippen molar-refractivity contribution in [1.29, 1.82) is 0 Å². The third kappa shape index (κ3) is 1.67. The molecule has 0 atom stereocenters. The van der Waals surface area contributed by atoms with Gasteiger partial charge in [0.05, 0.1) is 0 Å². The summed E-state index contributed by atoms with van der Waals surface area (Å²) in [6.07, 6.45) is 1.07. The lowest BCUT2D eigenvalue weighted by Gasteiger charge is -2.17. The van der Waals surface area contributed by atoms with Crippen LogP contribution in [0.1, 0.15) is 39.1 Å². The highest BCUT2D eigenvalue weighted by Crippen LogP contribution is 2.31. The van der Waals surface area contributed by atoms with Gasteiger partial charge in [-0.05, 0) is 6.42 Å². The Balaban J connectivity index is 2.76. The number of hydrogen-bond acceptors (Lipinski definition) is 0. The highest BCUT2D eigenvalue weighted by molar-refractivity contribution is 5.89. The van der Waals surface area contributed by atoms with Crippen molar-refractivity contribution >= 4 is 10.8 Å². The van der Waals surface area contributed by atoms with E-state index in [0.717, 1.165) is 6.42 Å². The molecule has 0 spiro atoms. The van der Waals surface area contributed by atoms with Crippen LogP contribution < -0.4 is 0 Å². The van der Waals surface area contributed by atoms with E-state index in [9.17, 15) is 0 Å². The van der Waals surface area contributed by atoms with E-state index >= 15 is 0 Å². The van der Waals surface area contributed by atoms with Crippen molar-refractivity contribution in [3.05, 3.63) is 35.7 Å². The van der Waals surface area contributed by atoms with Crippen LogP contribution in [0.15, 0.2) is 24.3 Å². The SMILES string of the molecule is CCc1[nH]c(C(C)(C)C)c2ccccc12. The summed E-state index contributed by atoms with van der Waals surface area (Å²) in [5, 5.41) is 2.76. The molecular formula is C14H19N. The minimum Gasteiger partial charge on any atom is -0.361 e. The molecular weight excluding hydrogens is 182 g/mol. The van der Waals surface area contributed by atoms with Crippen LogP contribution in [-0.4, -0.2) is 4.98 Å². The molecule has 0 saturated heterocycles. The zero-order valence-electron chi connectivity index (χ0n) is 10.0. The van der Waals surface area contributed by atoms with Crippen molar-refractivity contribution in [2.24, 2.45) is 0 Å². The van der Waals surface area contributed by atoms with Crippen molar-refractivity contribution < 1.29 is 0 Å². The number of hydrogen-bond donors (Lipinski definition) is 1. The molecule has 1 aromatic carbocycles. The van der Waals surface area contributed by atoms with Gasteiger partial charge in [-0.3, -0.25) is 0 Å². The first-order chi connectivity index (χ1) is 7.04. The van der Waals surface area contributed by atoms with Crippen LogP contribution in [0.4, 0.5) is 0 Å². The predicted molar refractivity (Wildman–Crippen MR) is 66.4 cm³/mol. The van der Waals surface area contributed by atoms with Crippen LogP contribution in [0.3, 0.4) is 0 Å². The summed E-state index contributed by atoms with van der Waals surface area (Å²) >= 11 is 0. The number of fused-ring (bicyclic) bond motifs is 1. The molecule has 0 unspecified atom stereocenters. The van der Waals surface area contributed by atoms with Crippen LogP contribution in [-0.2, 0) is 11.8 Å². The topological polar surface area (TPSA) is 15.8 Å². The van der Waals surface area contributed by atoms with E-state index in [1.165, 1.54) is 22.2 Å². The van der Waals surface area contributed by atoms with Crippen molar-refractivity contribution in [3.63, 3.8) is 0 Å². The van der Waals surface area contributed by atoms with Gasteiger partial charge in [-0.25, -0.2) is 0 Å². The zero-order valence-corrected chi connectivity index (χ0v) is 10.0. The summed E-state index contributed by atoms with van der Waals surface area (Å²) in [6.45, 7) is 8.96. The molecule has 0 aliphatic carbocycles. The van der Waals surface area contributed by atoms with Crippen molar-refractivity contribution in [3.8, 4) is 0 Å². The highest BCUT2D eigenvalue weighted by atomic mass is 14.7. The fraction of sp³-hybridized carbons (Fsp3) is 0.429. The Morgan fingerprint density at radius 3 is 2.20 bits per heavy atom. The van der Waals surface area contributed by atoms with Crippen molar-refractivity contribution in [2.75, 3.05) is 0 Å². The molecule has 1 nitrogen and oxygen atoms in total. The van der Waals surface area contributed by atoms with E-state index < -0.39 is 0 Å². The van der Waals surface area contributed by atoms with Crippen LogP contribution in [0.25, 0.3) is 10.8 Å². The molecule has 1 aromatic heterocycles. The van der Waals surface area contributed by atoms with Crippen molar-refractivity contribution in [2.45, 2.75) is 39.5 Å². The average molecular weight is 201 g/mol. The fourth-order valence-electron chi connectivity index (χ4n) is 2.12. The molecule has 1 heteroatoms. The van der Waals surface area contributed by atoms with Gasteiger partial charge in [0, 0.05) is 27.6 Å². The van der Waals surface area contributed by atoms with E-state index in [2.05, 4.69) is 56.9 Å². The normalized spacial score (nSPS) is 12.3. The molecule has 15 heavy (non-hydrogen) atoms. The predicted octanol–water partition coefficient (Wildman–Crippen LogP) is 4.03. The van der Waals surface area contributed by atoms with Gasteiger partial charge in [0.1, 0.15) is 0 Å². The third-order valence-corrected chi connectivity index (χ3v) is 2.90. The number of benzene rings is 1. The smallest absolute Gasteiger partial charge is 0.0283 e. The van der Waals surface area contributed by atoms with E-state index in [0.29, 0.717) is 0 Å². The van der Waals surface area contributed by atoms with E-state index in [4.69, 9.17) is 0 Å². The first-order valence-corrected chi connectivity index (χ1v) is 5.64. The Kier molecular flexibility index (Phi) is 2.34. The molecule has 0 aliphatic heterocycles. The second-order valence-electron chi connectivity index (χ2n) is 5.13. The molecule has 0 aliphatic rings. The maximum Gasteiger partial charge on any atom is 0.0283 e. The molecule has 0 amide bonds. The maximum absolute atomic E-state index is 3.58. The molecule has 80 valence electrons. The van der Waals surface area contributed by atoms with Crippen LogP contribution >= 0.6 is 0 Å². The summed E-state index contributed by atoms with van der Waals surface area (Å²) in [5.41, 5.74) is 2.90. The molecule has 2 rings (SSSR count). The standard InChI is InChI=1S/C14H19N/c1-5-12-10-8-6-7-9-11(10)13(15-12)14(2,3)4/h6-9,15H,5H2,1-4H3. The first-order valence-electron chi connectivity index (χ1n) is 5.64. The van der Waals surface area contributed by atoms with Gasteiger partial charge in [-0.15, -0.1) is 0 Å². The van der Waals surface area contributed by atoms with Crippen LogP contribution in [0.2, 0.25) is 0 Å². The number of aromatic amines is 1. The molecule has 0 fully saturated rings. The number of H-pyrrole nitrogens is 1. The fourth-order valence-corrected chi connectivity index (χ4v) is 2.12. The molecule has 1 heterocycles. The minimum absolute atomic E-state index is 0.188. The first kappa shape index (κ1) is 10.3. The summed E-state index contributed by atoms with van der Waals surface area (Å²) in [6, 6.07) is 8.65. The number of aromatic nitrogens is 1. The second kappa shape index (κ2) is 3.41. The molecule has 0 bridgehead atoms. The highest BCUT2D eigenvalue weighted by Gasteiger charge is 2.20. The monoisotopic (exact) mass is 201 g/mol. The quantitative estimate of drug-likeness (QED) is 0.717. The van der Waals surface area contributed by atoms with Gasteiger partial charge in [0.2, 0.25) is 0 Å². The third-order valence-electron chi connectivity index (χ3n) is 2.90. The zero-order chi connectivity index (χ0) is 11.1. The van der Waals surface area contributed by atoms with Crippen LogP contribution in [0.5, 0.6) is 0 Å². The van der Waals surface area contributed by atoms with E-state index in [1.54, 1.807) is 0 Å². The number of nitrogens with one attached hydrogen (secondary N) is 1. The van der Waals surface area contributed by atoms with Gasteiger partial charge in [-0.1, -0.05) is 52.0 Å². The summed E-state index contributed by atoms with van der Waals surface area (Å²) < 4.78 is 0.